The summed E-state index contributed by atoms with van der Waals surface area (Å²) in [6.45, 7) is 2.39. The fourth-order valence-corrected chi connectivity index (χ4v) is 2.78. The van der Waals surface area contributed by atoms with E-state index in [1.54, 1.807) is 0 Å². The molecule has 1 aromatic carbocycles. The molecule has 4 nitrogen and oxygen atoms in total. The minimum absolute atomic E-state index is 0. The molecule has 1 amide bonds. The highest BCUT2D eigenvalue weighted by Gasteiger charge is 2.27. The maximum absolute atomic E-state index is 12.1. The van der Waals surface area contributed by atoms with Gasteiger partial charge in [0.25, 0.3) is 0 Å². The summed E-state index contributed by atoms with van der Waals surface area (Å²) in [4.78, 5) is 12.1. The van der Waals surface area contributed by atoms with Crippen molar-refractivity contribution in [3.05, 3.63) is 35.9 Å². The van der Waals surface area contributed by atoms with Gasteiger partial charge in [0.05, 0.1) is 12.0 Å². The van der Waals surface area contributed by atoms with Gasteiger partial charge in [-0.05, 0) is 18.4 Å². The summed E-state index contributed by atoms with van der Waals surface area (Å²) >= 11 is 0. The highest BCUT2D eigenvalue weighted by atomic mass is 35.5. The van der Waals surface area contributed by atoms with Gasteiger partial charge < -0.3 is 16.2 Å². The van der Waals surface area contributed by atoms with Crippen LogP contribution in [0.25, 0.3) is 0 Å². The van der Waals surface area contributed by atoms with Crippen LogP contribution < -0.4 is 11.1 Å². The lowest BCUT2D eigenvalue weighted by atomic mass is 9.94. The van der Waals surface area contributed by atoms with Gasteiger partial charge in [-0.15, -0.1) is 12.4 Å². The van der Waals surface area contributed by atoms with Crippen LogP contribution in [0.1, 0.15) is 37.8 Å². The monoisotopic (exact) mass is 312 g/mol. The lowest BCUT2D eigenvalue weighted by Gasteiger charge is -2.21. The van der Waals surface area contributed by atoms with Crippen molar-refractivity contribution in [2.24, 2.45) is 17.6 Å². The number of rotatable bonds is 5. The fourth-order valence-electron chi connectivity index (χ4n) is 2.78. The van der Waals surface area contributed by atoms with Crippen LogP contribution in [0.4, 0.5) is 0 Å². The average Bonchev–Trinajstić information content (AvgIpc) is 2.89. The summed E-state index contributed by atoms with van der Waals surface area (Å²) in [5, 5.41) is 12.7. The number of carbonyl (C=O) groups is 1. The highest BCUT2D eigenvalue weighted by Crippen LogP contribution is 2.25. The predicted octanol–water partition coefficient (Wildman–Crippen LogP) is 2.02. The molecule has 2 rings (SSSR count). The number of nitrogens with two attached hydrogens (primary N) is 1. The average molecular weight is 313 g/mol. The van der Waals surface area contributed by atoms with Crippen LogP contribution in [0.3, 0.4) is 0 Å². The van der Waals surface area contributed by atoms with Gasteiger partial charge >= 0.3 is 0 Å². The van der Waals surface area contributed by atoms with Crippen LogP contribution in [0.2, 0.25) is 0 Å². The molecule has 5 heteroatoms. The molecule has 4 unspecified atom stereocenters. The molecule has 1 aliphatic rings. The molecular weight excluding hydrogens is 288 g/mol. The Morgan fingerprint density at radius 2 is 2.05 bits per heavy atom. The van der Waals surface area contributed by atoms with Crippen LogP contribution in [0.15, 0.2) is 30.3 Å². The summed E-state index contributed by atoms with van der Waals surface area (Å²) in [5.74, 6) is -0.129. The summed E-state index contributed by atoms with van der Waals surface area (Å²) in [7, 11) is 0. The van der Waals surface area contributed by atoms with Gasteiger partial charge in [0.15, 0.2) is 0 Å². The lowest BCUT2D eigenvalue weighted by molar-refractivity contribution is -0.125. The van der Waals surface area contributed by atoms with E-state index in [1.165, 1.54) is 0 Å². The van der Waals surface area contributed by atoms with E-state index in [4.69, 9.17) is 5.73 Å². The number of carbonyl (C=O) groups excluding carboxylic acids is 1. The normalized spacial score (nSPS) is 24.0. The van der Waals surface area contributed by atoms with Crippen molar-refractivity contribution in [2.45, 2.75) is 38.3 Å². The number of hydrogen-bond donors (Lipinski definition) is 3. The third kappa shape index (κ3) is 4.70. The van der Waals surface area contributed by atoms with Crippen molar-refractivity contribution in [1.82, 2.24) is 5.32 Å². The molecule has 21 heavy (non-hydrogen) atoms. The van der Waals surface area contributed by atoms with Crippen LogP contribution in [-0.4, -0.2) is 23.7 Å². The number of hydrogen-bond acceptors (Lipinski definition) is 3. The number of amides is 1. The molecule has 0 aromatic heterocycles. The van der Waals surface area contributed by atoms with Gasteiger partial charge in [0.2, 0.25) is 5.91 Å². The molecular formula is C16H25ClN2O2. The largest absolute Gasteiger partial charge is 0.393 e. The first-order chi connectivity index (χ1) is 9.59. The van der Waals surface area contributed by atoms with E-state index in [1.807, 2.05) is 37.3 Å². The van der Waals surface area contributed by atoms with E-state index in [0.29, 0.717) is 6.54 Å². The third-order valence-electron chi connectivity index (χ3n) is 4.29. The van der Waals surface area contributed by atoms with Gasteiger partial charge in [-0.25, -0.2) is 0 Å². The molecule has 118 valence electrons. The van der Waals surface area contributed by atoms with Crippen molar-refractivity contribution in [2.75, 3.05) is 6.54 Å². The molecule has 0 spiro atoms. The van der Waals surface area contributed by atoms with E-state index in [2.05, 4.69) is 5.32 Å². The zero-order chi connectivity index (χ0) is 14.5. The molecule has 1 aromatic rings. The van der Waals surface area contributed by atoms with Gasteiger partial charge in [-0.3, -0.25) is 4.79 Å². The van der Waals surface area contributed by atoms with Gasteiger partial charge in [0, 0.05) is 18.5 Å². The molecule has 0 heterocycles. The molecule has 1 fully saturated rings. The Kier molecular flexibility index (Phi) is 7.15. The van der Waals surface area contributed by atoms with Crippen LogP contribution >= 0.6 is 12.4 Å². The van der Waals surface area contributed by atoms with E-state index in [-0.39, 0.29) is 42.3 Å². The lowest BCUT2D eigenvalue weighted by Crippen LogP contribution is -2.39. The minimum atomic E-state index is -0.301. The molecule has 4 atom stereocenters. The highest BCUT2D eigenvalue weighted by molar-refractivity contribution is 5.85. The Morgan fingerprint density at radius 3 is 2.62 bits per heavy atom. The molecule has 1 aliphatic carbocycles. The van der Waals surface area contributed by atoms with Gasteiger partial charge in [-0.2, -0.15) is 0 Å². The van der Waals surface area contributed by atoms with E-state index in [9.17, 15) is 9.90 Å². The molecule has 0 bridgehead atoms. The number of aliphatic hydroxyl groups excluding tert-OH is 1. The van der Waals surface area contributed by atoms with Gasteiger partial charge in [-0.1, -0.05) is 43.7 Å². The SMILES string of the molecule is CC(C(=O)NCC1CCCC1O)C(N)c1ccccc1.Cl. The van der Waals surface area contributed by atoms with Crippen molar-refractivity contribution < 1.29 is 9.90 Å². The smallest absolute Gasteiger partial charge is 0.224 e. The van der Waals surface area contributed by atoms with E-state index in [0.717, 1.165) is 24.8 Å². The van der Waals surface area contributed by atoms with E-state index < -0.39 is 0 Å². The number of halogens is 1. The first-order valence-corrected chi connectivity index (χ1v) is 7.36. The molecule has 0 radical (unpaired) electrons. The number of aliphatic hydroxyl groups is 1. The summed E-state index contributed by atoms with van der Waals surface area (Å²) in [6.07, 6.45) is 2.61. The number of benzene rings is 1. The quantitative estimate of drug-likeness (QED) is 0.778. The Bertz CT molecular complexity index is 441. The van der Waals surface area contributed by atoms with E-state index >= 15 is 0 Å². The topological polar surface area (TPSA) is 75.3 Å². The van der Waals surface area contributed by atoms with Gasteiger partial charge in [0.1, 0.15) is 0 Å². The maximum Gasteiger partial charge on any atom is 0.224 e. The number of nitrogens with one attached hydrogen (secondary N) is 1. The first kappa shape index (κ1) is 18.0. The first-order valence-electron chi connectivity index (χ1n) is 7.36. The zero-order valence-corrected chi connectivity index (χ0v) is 13.2. The van der Waals surface area contributed by atoms with Crippen molar-refractivity contribution in [1.29, 1.82) is 0 Å². The maximum atomic E-state index is 12.1. The molecule has 4 N–H and O–H groups in total. The Morgan fingerprint density at radius 1 is 1.38 bits per heavy atom. The second kappa shape index (κ2) is 8.37. The summed E-state index contributed by atoms with van der Waals surface area (Å²) < 4.78 is 0. The van der Waals surface area contributed by atoms with Crippen LogP contribution in [0.5, 0.6) is 0 Å². The minimum Gasteiger partial charge on any atom is -0.393 e. The Hall–Kier alpha value is -1.10. The van der Waals surface area contributed by atoms with Crippen LogP contribution in [-0.2, 0) is 4.79 Å². The Labute approximate surface area is 132 Å². The molecule has 0 saturated heterocycles. The van der Waals surface area contributed by atoms with Crippen molar-refractivity contribution >= 4 is 18.3 Å². The third-order valence-corrected chi connectivity index (χ3v) is 4.29. The summed E-state index contributed by atoms with van der Waals surface area (Å²) in [5.41, 5.74) is 7.11. The predicted molar refractivity (Wildman–Crippen MR) is 86.1 cm³/mol. The van der Waals surface area contributed by atoms with Crippen molar-refractivity contribution in [3.8, 4) is 0 Å². The fraction of sp³-hybridized carbons (Fsp3) is 0.562. The molecule has 1 saturated carbocycles. The second-order valence-electron chi connectivity index (χ2n) is 5.73. The zero-order valence-electron chi connectivity index (χ0n) is 12.4. The second-order valence-corrected chi connectivity index (χ2v) is 5.73. The standard InChI is InChI=1S/C16H24N2O2.ClH/c1-11(15(17)12-6-3-2-4-7-12)16(20)18-10-13-8-5-9-14(13)19;/h2-4,6-7,11,13-15,19H,5,8-10,17H2,1H3,(H,18,20);1H. The molecule has 0 aliphatic heterocycles. The van der Waals surface area contributed by atoms with Crippen molar-refractivity contribution in [3.63, 3.8) is 0 Å². The Balaban J connectivity index is 0.00000220. The summed E-state index contributed by atoms with van der Waals surface area (Å²) in [6, 6.07) is 9.36. The van der Waals surface area contributed by atoms with Crippen LogP contribution in [0, 0.1) is 11.8 Å².